The fourth-order valence-electron chi connectivity index (χ4n) is 2.60. The van der Waals surface area contributed by atoms with Crippen LogP contribution in [-0.4, -0.2) is 17.6 Å². The van der Waals surface area contributed by atoms with E-state index in [-0.39, 0.29) is 17.5 Å². The molecule has 1 unspecified atom stereocenters. The quantitative estimate of drug-likeness (QED) is 0.890. The number of thiazole rings is 1. The number of nitrogens with zero attached hydrogens (tertiary/aromatic N) is 1. The Kier molecular flexibility index (Phi) is 4.76. The number of benzene rings is 1. The third kappa shape index (κ3) is 3.87. The molecular formula is C18H23N3O2S. The van der Waals surface area contributed by atoms with E-state index in [9.17, 15) is 4.79 Å². The highest BCUT2D eigenvalue weighted by Crippen LogP contribution is 2.31. The normalized spacial score (nSPS) is 16.9. The van der Waals surface area contributed by atoms with Crippen LogP contribution in [0, 0.1) is 0 Å². The van der Waals surface area contributed by atoms with E-state index in [4.69, 9.17) is 4.74 Å². The zero-order chi connectivity index (χ0) is 17.2. The molecule has 2 N–H and O–H groups in total. The van der Waals surface area contributed by atoms with E-state index in [0.717, 1.165) is 28.4 Å². The number of urea groups is 1. The van der Waals surface area contributed by atoms with Crippen LogP contribution in [0.4, 0.5) is 4.79 Å². The monoisotopic (exact) mass is 345 g/mol. The molecular weight excluding hydrogens is 322 g/mol. The number of nitrogens with one attached hydrogen (secondary N) is 2. The van der Waals surface area contributed by atoms with Gasteiger partial charge in [0, 0.05) is 22.8 Å². The van der Waals surface area contributed by atoms with E-state index >= 15 is 0 Å². The third-order valence-electron chi connectivity index (χ3n) is 3.89. The maximum absolute atomic E-state index is 12.2. The highest BCUT2D eigenvalue weighted by Gasteiger charge is 2.23. The number of rotatable bonds is 3. The molecule has 3 rings (SSSR count). The van der Waals surface area contributed by atoms with Crippen molar-refractivity contribution < 1.29 is 9.53 Å². The zero-order valence-electron chi connectivity index (χ0n) is 14.3. The minimum absolute atomic E-state index is 0.0180. The largest absolute Gasteiger partial charge is 0.493 e. The number of hydrogen-bond donors (Lipinski definition) is 2. The zero-order valence-corrected chi connectivity index (χ0v) is 15.1. The molecule has 6 heteroatoms. The highest BCUT2D eigenvalue weighted by atomic mass is 32.1. The number of amides is 2. The summed E-state index contributed by atoms with van der Waals surface area (Å²) in [5.41, 5.74) is 1.96. The minimum atomic E-state index is -0.179. The first-order chi connectivity index (χ1) is 11.4. The molecule has 128 valence electrons. The lowest BCUT2D eigenvalue weighted by Crippen LogP contribution is -2.39. The van der Waals surface area contributed by atoms with E-state index in [0.29, 0.717) is 13.2 Å². The number of hydrogen-bond acceptors (Lipinski definition) is 4. The topological polar surface area (TPSA) is 63.2 Å². The Bertz CT molecular complexity index is 721. The first-order valence-corrected chi connectivity index (χ1v) is 9.02. The van der Waals surface area contributed by atoms with E-state index in [1.807, 2.05) is 29.6 Å². The average Bonchev–Trinajstić information content (AvgIpc) is 3.03. The van der Waals surface area contributed by atoms with Crippen molar-refractivity contribution in [2.45, 2.75) is 45.2 Å². The Morgan fingerprint density at radius 1 is 1.38 bits per heavy atom. The first kappa shape index (κ1) is 16.8. The molecule has 1 aromatic heterocycles. The minimum Gasteiger partial charge on any atom is -0.493 e. The van der Waals surface area contributed by atoms with Crippen LogP contribution in [0.5, 0.6) is 5.75 Å². The molecule has 24 heavy (non-hydrogen) atoms. The lowest BCUT2D eigenvalue weighted by molar-refractivity contribution is 0.223. The van der Waals surface area contributed by atoms with Gasteiger partial charge in [-0.2, -0.15) is 0 Å². The van der Waals surface area contributed by atoms with Crippen molar-refractivity contribution in [3.63, 3.8) is 0 Å². The lowest BCUT2D eigenvalue weighted by atomic mass is 9.98. The van der Waals surface area contributed by atoms with Gasteiger partial charge in [-0.15, -0.1) is 11.3 Å². The molecule has 5 nitrogen and oxygen atoms in total. The number of fused-ring (bicyclic) bond motifs is 1. The summed E-state index contributed by atoms with van der Waals surface area (Å²) in [6, 6.07) is 7.64. The fourth-order valence-corrected chi connectivity index (χ4v) is 3.51. The van der Waals surface area contributed by atoms with Gasteiger partial charge in [0.1, 0.15) is 5.75 Å². The standard InChI is InChI=1S/C18H23N3O2S/c1-18(2,3)16-20-12(11-24-16)10-19-17(22)21-14-8-9-23-15-7-5-4-6-13(14)15/h4-7,11,14H,8-10H2,1-3H3,(H2,19,21,22). The van der Waals surface area contributed by atoms with Gasteiger partial charge in [-0.3, -0.25) is 0 Å². The molecule has 0 bridgehead atoms. The molecule has 1 aliphatic heterocycles. The van der Waals surface area contributed by atoms with E-state index in [2.05, 4.69) is 36.4 Å². The number of carbonyl (C=O) groups excluding carboxylic acids is 1. The van der Waals surface area contributed by atoms with Crippen LogP contribution in [0.25, 0.3) is 0 Å². The molecule has 0 radical (unpaired) electrons. The van der Waals surface area contributed by atoms with Crippen molar-refractivity contribution >= 4 is 17.4 Å². The van der Waals surface area contributed by atoms with Gasteiger partial charge in [0.2, 0.25) is 0 Å². The van der Waals surface area contributed by atoms with Crippen molar-refractivity contribution in [3.8, 4) is 5.75 Å². The molecule has 2 heterocycles. The van der Waals surface area contributed by atoms with Gasteiger partial charge in [0.05, 0.1) is 29.9 Å². The summed E-state index contributed by atoms with van der Waals surface area (Å²) in [7, 11) is 0. The number of carbonyl (C=O) groups is 1. The third-order valence-corrected chi connectivity index (χ3v) is 5.20. The summed E-state index contributed by atoms with van der Waals surface area (Å²) in [5, 5.41) is 9.01. The Morgan fingerprint density at radius 3 is 2.92 bits per heavy atom. The van der Waals surface area contributed by atoms with Gasteiger partial charge in [-0.1, -0.05) is 39.0 Å². The summed E-state index contributed by atoms with van der Waals surface area (Å²) in [6.45, 7) is 7.46. The molecule has 1 aliphatic rings. The number of aromatic nitrogens is 1. The molecule has 1 atom stereocenters. The molecule has 0 spiro atoms. The van der Waals surface area contributed by atoms with Gasteiger partial charge in [-0.25, -0.2) is 9.78 Å². The number of para-hydroxylation sites is 1. The van der Waals surface area contributed by atoms with Crippen LogP contribution < -0.4 is 15.4 Å². The predicted molar refractivity (Wildman–Crippen MR) is 95.5 cm³/mol. The van der Waals surface area contributed by atoms with Crippen LogP contribution in [0.1, 0.15) is 49.5 Å². The van der Waals surface area contributed by atoms with Crippen LogP contribution in [-0.2, 0) is 12.0 Å². The maximum atomic E-state index is 12.2. The average molecular weight is 345 g/mol. The Balaban J connectivity index is 1.56. The Morgan fingerprint density at radius 2 is 2.17 bits per heavy atom. The molecule has 2 amide bonds. The second-order valence-electron chi connectivity index (χ2n) is 6.95. The van der Waals surface area contributed by atoms with Gasteiger partial charge < -0.3 is 15.4 Å². The van der Waals surface area contributed by atoms with E-state index < -0.39 is 0 Å². The molecule has 2 aromatic rings. The molecule has 1 aromatic carbocycles. The summed E-state index contributed by atoms with van der Waals surface area (Å²) in [6.07, 6.45) is 0.773. The summed E-state index contributed by atoms with van der Waals surface area (Å²) in [4.78, 5) is 16.8. The number of ether oxygens (including phenoxy) is 1. The Labute approximate surface area is 146 Å². The molecule has 0 fully saturated rings. The molecule has 0 saturated carbocycles. The predicted octanol–water partition coefficient (Wildman–Crippen LogP) is 3.76. The van der Waals surface area contributed by atoms with Crippen molar-refractivity contribution in [2.24, 2.45) is 0 Å². The summed E-state index contributed by atoms with van der Waals surface area (Å²) in [5.74, 6) is 0.850. The van der Waals surface area contributed by atoms with Crippen LogP contribution in [0.15, 0.2) is 29.6 Å². The van der Waals surface area contributed by atoms with Gasteiger partial charge in [0.15, 0.2) is 0 Å². The lowest BCUT2D eigenvalue weighted by Gasteiger charge is -2.26. The Hall–Kier alpha value is -2.08. The van der Waals surface area contributed by atoms with E-state index in [1.54, 1.807) is 11.3 Å². The van der Waals surface area contributed by atoms with Crippen LogP contribution in [0.2, 0.25) is 0 Å². The van der Waals surface area contributed by atoms with Gasteiger partial charge in [0.25, 0.3) is 0 Å². The molecule has 0 saturated heterocycles. The maximum Gasteiger partial charge on any atom is 0.315 e. The second-order valence-corrected chi connectivity index (χ2v) is 7.81. The fraction of sp³-hybridized carbons (Fsp3) is 0.444. The van der Waals surface area contributed by atoms with Crippen LogP contribution >= 0.6 is 11.3 Å². The smallest absolute Gasteiger partial charge is 0.315 e. The van der Waals surface area contributed by atoms with Crippen molar-refractivity contribution in [1.82, 2.24) is 15.6 Å². The van der Waals surface area contributed by atoms with Crippen LogP contribution in [0.3, 0.4) is 0 Å². The van der Waals surface area contributed by atoms with Gasteiger partial charge >= 0.3 is 6.03 Å². The SMILES string of the molecule is CC(C)(C)c1nc(CNC(=O)NC2CCOc3ccccc32)cs1. The van der Waals surface area contributed by atoms with Crippen molar-refractivity contribution in [2.75, 3.05) is 6.61 Å². The van der Waals surface area contributed by atoms with Crippen molar-refractivity contribution in [1.29, 1.82) is 0 Å². The van der Waals surface area contributed by atoms with E-state index in [1.165, 1.54) is 0 Å². The highest BCUT2D eigenvalue weighted by molar-refractivity contribution is 7.09. The first-order valence-electron chi connectivity index (χ1n) is 8.14. The summed E-state index contributed by atoms with van der Waals surface area (Å²) >= 11 is 1.64. The van der Waals surface area contributed by atoms with Crippen molar-refractivity contribution in [3.05, 3.63) is 45.9 Å². The molecule has 0 aliphatic carbocycles. The summed E-state index contributed by atoms with van der Waals surface area (Å²) < 4.78 is 5.62. The second kappa shape index (κ2) is 6.81. The van der Waals surface area contributed by atoms with Gasteiger partial charge in [-0.05, 0) is 6.07 Å².